The van der Waals surface area contributed by atoms with E-state index in [0.717, 1.165) is 41.3 Å². The molecule has 22 heavy (non-hydrogen) atoms. The highest BCUT2D eigenvalue weighted by molar-refractivity contribution is 7.15. The molecular weight excluding hydrogens is 318 g/mol. The molecule has 7 heteroatoms. The Morgan fingerprint density at radius 3 is 3.14 bits per heavy atom. The van der Waals surface area contributed by atoms with Crippen LogP contribution in [0.4, 0.5) is 5.13 Å². The lowest BCUT2D eigenvalue weighted by atomic mass is 10.1. The van der Waals surface area contributed by atoms with Crippen molar-refractivity contribution in [3.8, 4) is 0 Å². The van der Waals surface area contributed by atoms with E-state index < -0.39 is 0 Å². The van der Waals surface area contributed by atoms with Crippen LogP contribution in [0.15, 0.2) is 12.1 Å². The molecule has 2 aliphatic rings. The first-order valence-electron chi connectivity index (χ1n) is 7.45. The number of ether oxygens (including phenoxy) is 1. The molecule has 0 aromatic carbocycles. The van der Waals surface area contributed by atoms with Gasteiger partial charge in [-0.3, -0.25) is 4.79 Å². The second-order valence-electron chi connectivity index (χ2n) is 5.60. The van der Waals surface area contributed by atoms with Gasteiger partial charge in [-0.1, -0.05) is 0 Å². The lowest BCUT2D eigenvalue weighted by Crippen LogP contribution is -2.35. The van der Waals surface area contributed by atoms with Crippen LogP contribution < -0.4 is 5.73 Å². The minimum Gasteiger partial charge on any atom is -0.375 e. The van der Waals surface area contributed by atoms with Crippen molar-refractivity contribution in [2.24, 2.45) is 0 Å². The largest absolute Gasteiger partial charge is 0.375 e. The summed E-state index contributed by atoms with van der Waals surface area (Å²) in [7, 11) is 0. The number of hydrogen-bond donors (Lipinski definition) is 1. The Bertz CT molecular complexity index is 703. The van der Waals surface area contributed by atoms with Gasteiger partial charge in [-0.15, -0.1) is 22.7 Å². The Morgan fingerprint density at radius 1 is 1.41 bits per heavy atom. The highest BCUT2D eigenvalue weighted by Gasteiger charge is 2.27. The highest BCUT2D eigenvalue weighted by Crippen LogP contribution is 2.34. The fourth-order valence-electron chi connectivity index (χ4n) is 2.99. The molecule has 0 unspecified atom stereocenters. The zero-order valence-corrected chi connectivity index (χ0v) is 13.7. The standard InChI is InChI=1S/C15H17N3O2S2/c16-15-17-9-5-6-18(8-13(9)22-15)14(19)12-4-3-11(21-12)10-2-1-7-20-10/h3-4,10H,1-2,5-8H2,(H2,16,17)/t10-/m1/s1. The average Bonchev–Trinajstić information content (AvgIpc) is 3.24. The Morgan fingerprint density at radius 2 is 2.32 bits per heavy atom. The maximum atomic E-state index is 12.7. The molecule has 0 spiro atoms. The van der Waals surface area contributed by atoms with Crippen molar-refractivity contribution < 1.29 is 9.53 Å². The lowest BCUT2D eigenvalue weighted by molar-refractivity contribution is 0.0741. The van der Waals surface area contributed by atoms with Gasteiger partial charge in [0.05, 0.1) is 23.2 Å². The summed E-state index contributed by atoms with van der Waals surface area (Å²) in [6.07, 6.45) is 3.13. The molecule has 1 amide bonds. The van der Waals surface area contributed by atoms with Crippen molar-refractivity contribution in [2.75, 3.05) is 18.9 Å². The van der Waals surface area contributed by atoms with E-state index in [1.54, 1.807) is 11.3 Å². The summed E-state index contributed by atoms with van der Waals surface area (Å²) in [5, 5.41) is 0.594. The number of thiazole rings is 1. The van der Waals surface area contributed by atoms with E-state index in [-0.39, 0.29) is 12.0 Å². The summed E-state index contributed by atoms with van der Waals surface area (Å²) < 4.78 is 5.69. The number of carbonyl (C=O) groups excluding carboxylic acids is 1. The first-order valence-corrected chi connectivity index (χ1v) is 9.08. The molecule has 116 valence electrons. The molecule has 0 bridgehead atoms. The van der Waals surface area contributed by atoms with Gasteiger partial charge in [0.25, 0.3) is 5.91 Å². The van der Waals surface area contributed by atoms with Gasteiger partial charge >= 0.3 is 0 Å². The smallest absolute Gasteiger partial charge is 0.264 e. The zero-order valence-electron chi connectivity index (χ0n) is 12.1. The SMILES string of the molecule is Nc1nc2c(s1)CN(C(=O)c1ccc([C@H]3CCCO3)s1)CC2. The monoisotopic (exact) mass is 335 g/mol. The first kappa shape index (κ1) is 14.2. The maximum Gasteiger partial charge on any atom is 0.264 e. The molecule has 4 rings (SSSR count). The van der Waals surface area contributed by atoms with E-state index in [4.69, 9.17) is 10.5 Å². The van der Waals surface area contributed by atoms with E-state index in [9.17, 15) is 4.79 Å². The summed E-state index contributed by atoms with van der Waals surface area (Å²) >= 11 is 3.05. The van der Waals surface area contributed by atoms with Crippen LogP contribution in [0.1, 0.15) is 44.1 Å². The van der Waals surface area contributed by atoms with Crippen LogP contribution in [0.5, 0.6) is 0 Å². The molecular formula is C15H17N3O2S2. The molecule has 1 saturated heterocycles. The normalized spacial score (nSPS) is 21.1. The number of rotatable bonds is 2. The maximum absolute atomic E-state index is 12.7. The number of carbonyl (C=O) groups is 1. The summed E-state index contributed by atoms with van der Waals surface area (Å²) in [4.78, 5) is 22.0. The molecule has 2 aromatic heterocycles. The van der Waals surface area contributed by atoms with Gasteiger partial charge in [0.1, 0.15) is 0 Å². The molecule has 2 aliphatic heterocycles. The Balaban J connectivity index is 1.50. The van der Waals surface area contributed by atoms with Crippen molar-refractivity contribution in [3.05, 3.63) is 32.5 Å². The third kappa shape index (κ3) is 2.53. The third-order valence-corrected chi connectivity index (χ3v) is 6.20. The van der Waals surface area contributed by atoms with Gasteiger partial charge in [-0.05, 0) is 25.0 Å². The topological polar surface area (TPSA) is 68.5 Å². The minimum absolute atomic E-state index is 0.104. The van der Waals surface area contributed by atoms with Crippen molar-refractivity contribution >= 4 is 33.7 Å². The van der Waals surface area contributed by atoms with Gasteiger partial charge in [0.15, 0.2) is 5.13 Å². The van der Waals surface area contributed by atoms with Gasteiger partial charge in [0, 0.05) is 29.3 Å². The molecule has 2 aromatic rings. The Hall–Kier alpha value is -1.44. The predicted octanol–water partition coefficient (Wildman–Crippen LogP) is 2.84. The highest BCUT2D eigenvalue weighted by atomic mass is 32.1. The van der Waals surface area contributed by atoms with E-state index >= 15 is 0 Å². The molecule has 0 aliphatic carbocycles. The molecule has 2 N–H and O–H groups in total. The summed E-state index contributed by atoms with van der Waals surface area (Å²) in [5.41, 5.74) is 6.81. The number of aromatic nitrogens is 1. The first-order chi connectivity index (χ1) is 10.7. The lowest BCUT2D eigenvalue weighted by Gasteiger charge is -2.25. The quantitative estimate of drug-likeness (QED) is 0.916. The second kappa shape index (κ2) is 5.64. The van der Waals surface area contributed by atoms with Gasteiger partial charge in [-0.2, -0.15) is 0 Å². The van der Waals surface area contributed by atoms with Crippen LogP contribution >= 0.6 is 22.7 Å². The van der Waals surface area contributed by atoms with Crippen molar-refractivity contribution in [1.82, 2.24) is 9.88 Å². The summed E-state index contributed by atoms with van der Waals surface area (Å²) in [6, 6.07) is 3.97. The number of thiophene rings is 1. The van der Waals surface area contributed by atoms with Crippen LogP contribution in [0.25, 0.3) is 0 Å². The minimum atomic E-state index is 0.104. The molecule has 1 fully saturated rings. The molecule has 5 nitrogen and oxygen atoms in total. The van der Waals surface area contributed by atoms with Gasteiger partial charge in [0.2, 0.25) is 0 Å². The van der Waals surface area contributed by atoms with Crippen LogP contribution in [0.3, 0.4) is 0 Å². The molecule has 0 saturated carbocycles. The second-order valence-corrected chi connectivity index (χ2v) is 7.83. The van der Waals surface area contributed by atoms with E-state index in [1.807, 2.05) is 17.0 Å². The number of nitrogens with zero attached hydrogens (tertiary/aromatic N) is 2. The fourth-order valence-corrected chi connectivity index (χ4v) is 4.94. The van der Waals surface area contributed by atoms with Gasteiger partial charge < -0.3 is 15.4 Å². The summed E-state index contributed by atoms with van der Waals surface area (Å²) in [5.74, 6) is 0.104. The third-order valence-electron chi connectivity index (χ3n) is 4.12. The van der Waals surface area contributed by atoms with E-state index in [2.05, 4.69) is 4.98 Å². The number of fused-ring (bicyclic) bond motifs is 1. The number of nitrogens with two attached hydrogens (primary N) is 1. The average molecular weight is 335 g/mol. The van der Waals surface area contributed by atoms with Crippen LogP contribution in [0, 0.1) is 0 Å². The number of amides is 1. The van der Waals surface area contributed by atoms with Crippen LogP contribution in [-0.4, -0.2) is 28.9 Å². The van der Waals surface area contributed by atoms with Crippen molar-refractivity contribution in [1.29, 1.82) is 0 Å². The van der Waals surface area contributed by atoms with E-state index in [0.29, 0.717) is 18.2 Å². The van der Waals surface area contributed by atoms with Crippen LogP contribution in [-0.2, 0) is 17.7 Å². The number of nitrogen functional groups attached to an aromatic ring is 1. The molecule has 1 atom stereocenters. The van der Waals surface area contributed by atoms with Crippen molar-refractivity contribution in [3.63, 3.8) is 0 Å². The zero-order chi connectivity index (χ0) is 15.1. The molecule has 4 heterocycles. The van der Waals surface area contributed by atoms with E-state index in [1.165, 1.54) is 16.2 Å². The number of anilines is 1. The number of hydrogen-bond acceptors (Lipinski definition) is 6. The summed E-state index contributed by atoms with van der Waals surface area (Å²) in [6.45, 7) is 2.16. The Kier molecular flexibility index (Phi) is 3.63. The van der Waals surface area contributed by atoms with Crippen molar-refractivity contribution in [2.45, 2.75) is 31.9 Å². The predicted molar refractivity (Wildman–Crippen MR) is 87.2 cm³/mol. The molecule has 0 radical (unpaired) electrons. The van der Waals surface area contributed by atoms with Gasteiger partial charge in [-0.25, -0.2) is 4.98 Å². The van der Waals surface area contributed by atoms with Crippen LogP contribution in [0.2, 0.25) is 0 Å². The Labute approximate surface area is 136 Å². The fraction of sp³-hybridized carbons (Fsp3) is 0.467.